The molecule has 1 aromatic rings. The number of morpholine rings is 1. The second-order valence-corrected chi connectivity index (χ2v) is 6.28. The van der Waals surface area contributed by atoms with Crippen molar-refractivity contribution in [1.82, 2.24) is 14.8 Å². The van der Waals surface area contributed by atoms with Gasteiger partial charge in [-0.15, -0.1) is 0 Å². The number of hydrogen-bond acceptors (Lipinski definition) is 4. The summed E-state index contributed by atoms with van der Waals surface area (Å²) in [5, 5.41) is 0.367. The number of nitrogens with zero attached hydrogens (tertiary/aromatic N) is 3. The third kappa shape index (κ3) is 3.77. The number of rotatable bonds is 2. The molecular weight excluding hydrogens is 302 g/mol. The smallest absolute Gasteiger partial charge is 0.254 e. The molecule has 5 nitrogen and oxygen atoms in total. The normalized spacial score (nSPS) is 24.0. The van der Waals surface area contributed by atoms with Crippen LogP contribution in [-0.2, 0) is 4.74 Å². The van der Waals surface area contributed by atoms with Crippen molar-refractivity contribution in [2.75, 3.05) is 39.4 Å². The van der Waals surface area contributed by atoms with E-state index in [4.69, 9.17) is 16.3 Å². The summed E-state index contributed by atoms with van der Waals surface area (Å²) in [6, 6.07) is 3.95. The minimum Gasteiger partial charge on any atom is -0.379 e. The largest absolute Gasteiger partial charge is 0.379 e. The summed E-state index contributed by atoms with van der Waals surface area (Å²) in [5.74, 6) is 0.0620. The van der Waals surface area contributed by atoms with Gasteiger partial charge >= 0.3 is 0 Å². The molecule has 1 amide bonds. The van der Waals surface area contributed by atoms with Crippen molar-refractivity contribution in [2.24, 2.45) is 0 Å². The number of ether oxygens (including phenoxy) is 1. The Balaban J connectivity index is 1.61. The van der Waals surface area contributed by atoms with E-state index in [-0.39, 0.29) is 5.91 Å². The first-order valence-electron chi connectivity index (χ1n) is 7.96. The highest BCUT2D eigenvalue weighted by Crippen LogP contribution is 2.20. The number of amides is 1. The quantitative estimate of drug-likeness (QED) is 0.782. The molecular formula is C16H22ClN3O2. The Bertz CT molecular complexity index is 520. The molecule has 2 fully saturated rings. The van der Waals surface area contributed by atoms with Crippen molar-refractivity contribution >= 4 is 17.5 Å². The van der Waals surface area contributed by atoms with Gasteiger partial charge in [0.25, 0.3) is 5.91 Å². The van der Waals surface area contributed by atoms with Gasteiger partial charge in [0.15, 0.2) is 0 Å². The Labute approximate surface area is 136 Å². The van der Waals surface area contributed by atoms with E-state index in [1.54, 1.807) is 18.3 Å². The van der Waals surface area contributed by atoms with Crippen LogP contribution >= 0.6 is 11.6 Å². The maximum atomic E-state index is 12.6. The summed E-state index contributed by atoms with van der Waals surface area (Å²) in [5.41, 5.74) is 0.629. The van der Waals surface area contributed by atoms with Crippen molar-refractivity contribution in [3.05, 3.63) is 29.0 Å². The summed E-state index contributed by atoms with van der Waals surface area (Å²) < 4.78 is 5.43. The van der Waals surface area contributed by atoms with Crippen LogP contribution in [0, 0.1) is 0 Å². The molecule has 2 saturated heterocycles. The van der Waals surface area contributed by atoms with Crippen molar-refractivity contribution < 1.29 is 9.53 Å². The van der Waals surface area contributed by atoms with Crippen LogP contribution in [0.15, 0.2) is 18.3 Å². The lowest BCUT2D eigenvalue weighted by Gasteiger charge is -2.34. The van der Waals surface area contributed by atoms with E-state index >= 15 is 0 Å². The van der Waals surface area contributed by atoms with Crippen LogP contribution in [0.25, 0.3) is 0 Å². The van der Waals surface area contributed by atoms with E-state index in [0.717, 1.165) is 58.7 Å². The fourth-order valence-corrected chi connectivity index (χ4v) is 3.48. The van der Waals surface area contributed by atoms with Gasteiger partial charge < -0.3 is 9.64 Å². The average molecular weight is 324 g/mol. The summed E-state index contributed by atoms with van der Waals surface area (Å²) in [6.07, 6.45) is 4.82. The molecule has 2 aliphatic rings. The molecule has 6 heteroatoms. The minimum absolute atomic E-state index is 0.0620. The molecule has 1 atom stereocenters. The standard InChI is InChI=1S/C16H22ClN3O2/c17-15-12-13(3-5-18-15)16(21)20-6-1-2-14(4-7-20)19-8-10-22-11-9-19/h3,5,12,14H,1-2,4,6-11H2/t14-/m0/s1. The third-order valence-corrected chi connectivity index (χ3v) is 4.73. The molecule has 0 radical (unpaired) electrons. The van der Waals surface area contributed by atoms with Gasteiger partial charge in [0.1, 0.15) is 5.15 Å². The Hall–Kier alpha value is -1.17. The van der Waals surface area contributed by atoms with Crippen LogP contribution in [0.3, 0.4) is 0 Å². The second-order valence-electron chi connectivity index (χ2n) is 5.89. The van der Waals surface area contributed by atoms with Gasteiger partial charge in [-0.3, -0.25) is 9.69 Å². The first kappa shape index (κ1) is 15.7. The zero-order valence-electron chi connectivity index (χ0n) is 12.7. The number of aromatic nitrogens is 1. The molecule has 0 N–H and O–H groups in total. The Morgan fingerprint density at radius 2 is 2.05 bits per heavy atom. The van der Waals surface area contributed by atoms with Crippen molar-refractivity contribution in [1.29, 1.82) is 0 Å². The zero-order chi connectivity index (χ0) is 15.4. The lowest BCUT2D eigenvalue weighted by atomic mass is 10.1. The molecule has 3 rings (SSSR count). The van der Waals surface area contributed by atoms with E-state index in [1.165, 1.54) is 0 Å². The van der Waals surface area contributed by atoms with Crippen LogP contribution in [0.2, 0.25) is 5.15 Å². The predicted molar refractivity (Wildman–Crippen MR) is 85.2 cm³/mol. The Morgan fingerprint density at radius 1 is 1.23 bits per heavy atom. The van der Waals surface area contributed by atoms with E-state index in [0.29, 0.717) is 16.8 Å². The van der Waals surface area contributed by atoms with Crippen LogP contribution in [0.5, 0.6) is 0 Å². The lowest BCUT2D eigenvalue weighted by molar-refractivity contribution is 0.0135. The van der Waals surface area contributed by atoms with E-state index in [1.807, 2.05) is 4.90 Å². The molecule has 22 heavy (non-hydrogen) atoms. The van der Waals surface area contributed by atoms with Crippen LogP contribution in [0.1, 0.15) is 29.6 Å². The first-order valence-corrected chi connectivity index (χ1v) is 8.34. The van der Waals surface area contributed by atoms with Crippen molar-refractivity contribution in [3.8, 4) is 0 Å². The highest BCUT2D eigenvalue weighted by molar-refractivity contribution is 6.29. The van der Waals surface area contributed by atoms with Gasteiger partial charge in [0.2, 0.25) is 0 Å². The van der Waals surface area contributed by atoms with Gasteiger partial charge in [-0.05, 0) is 31.4 Å². The Kier molecular flexibility index (Phi) is 5.28. The van der Waals surface area contributed by atoms with Gasteiger partial charge in [-0.2, -0.15) is 0 Å². The first-order chi connectivity index (χ1) is 10.7. The average Bonchev–Trinajstić information content (AvgIpc) is 2.81. The molecule has 120 valence electrons. The second kappa shape index (κ2) is 7.40. The van der Waals surface area contributed by atoms with Gasteiger partial charge in [0, 0.05) is 44.0 Å². The zero-order valence-corrected chi connectivity index (χ0v) is 13.5. The number of likely N-dealkylation sites (tertiary alicyclic amines) is 1. The fourth-order valence-electron chi connectivity index (χ4n) is 3.31. The molecule has 0 aromatic carbocycles. The molecule has 0 bridgehead atoms. The SMILES string of the molecule is O=C(c1ccnc(Cl)c1)N1CCC[C@H](N2CCOCC2)CC1. The molecule has 3 heterocycles. The lowest BCUT2D eigenvalue weighted by Crippen LogP contribution is -2.44. The third-order valence-electron chi connectivity index (χ3n) is 4.52. The number of halogens is 1. The predicted octanol–water partition coefficient (Wildman–Crippen LogP) is 2.06. The number of carbonyl (C=O) groups is 1. The molecule has 1 aromatic heterocycles. The number of hydrogen-bond donors (Lipinski definition) is 0. The van der Waals surface area contributed by atoms with Gasteiger partial charge in [-0.1, -0.05) is 11.6 Å². The summed E-state index contributed by atoms with van der Waals surface area (Å²) >= 11 is 5.88. The highest BCUT2D eigenvalue weighted by Gasteiger charge is 2.26. The van der Waals surface area contributed by atoms with Crippen LogP contribution in [-0.4, -0.2) is 66.1 Å². The highest BCUT2D eigenvalue weighted by atomic mass is 35.5. The minimum atomic E-state index is 0.0620. The van der Waals surface area contributed by atoms with E-state index in [2.05, 4.69) is 9.88 Å². The van der Waals surface area contributed by atoms with E-state index < -0.39 is 0 Å². The summed E-state index contributed by atoms with van der Waals surface area (Å²) in [4.78, 5) is 21.0. The van der Waals surface area contributed by atoms with Crippen molar-refractivity contribution in [2.45, 2.75) is 25.3 Å². The molecule has 0 spiro atoms. The fraction of sp³-hybridized carbons (Fsp3) is 0.625. The monoisotopic (exact) mass is 323 g/mol. The topological polar surface area (TPSA) is 45.7 Å². The summed E-state index contributed by atoms with van der Waals surface area (Å²) in [7, 11) is 0. The molecule has 0 aliphatic carbocycles. The van der Waals surface area contributed by atoms with Crippen LogP contribution < -0.4 is 0 Å². The maximum absolute atomic E-state index is 12.6. The molecule has 2 aliphatic heterocycles. The molecule has 0 saturated carbocycles. The van der Waals surface area contributed by atoms with Crippen molar-refractivity contribution in [3.63, 3.8) is 0 Å². The van der Waals surface area contributed by atoms with Crippen LogP contribution in [0.4, 0.5) is 0 Å². The van der Waals surface area contributed by atoms with E-state index in [9.17, 15) is 4.79 Å². The number of carbonyl (C=O) groups excluding carboxylic acids is 1. The maximum Gasteiger partial charge on any atom is 0.254 e. The van der Waals surface area contributed by atoms with Gasteiger partial charge in [-0.25, -0.2) is 4.98 Å². The molecule has 0 unspecified atom stereocenters. The number of pyridine rings is 1. The van der Waals surface area contributed by atoms with Gasteiger partial charge in [0.05, 0.1) is 13.2 Å². The summed E-state index contributed by atoms with van der Waals surface area (Å²) in [6.45, 7) is 5.31. The Morgan fingerprint density at radius 3 is 2.82 bits per heavy atom.